The summed E-state index contributed by atoms with van der Waals surface area (Å²) in [4.78, 5) is 7.18. The van der Waals surface area contributed by atoms with Gasteiger partial charge in [-0.15, -0.1) is 0 Å². The molecule has 0 fully saturated rings. The Kier molecular flexibility index (Phi) is 4.98. The number of nitrogens with one attached hydrogen (secondary N) is 2. The molecule has 19 heavy (non-hydrogen) atoms. The molecule has 4 heteroatoms. The molecule has 2 aromatic rings. The third-order valence-corrected chi connectivity index (χ3v) is 3.22. The molecule has 0 spiro atoms. The van der Waals surface area contributed by atoms with Gasteiger partial charge in [0.05, 0.1) is 24.8 Å². The maximum atomic E-state index is 5.98. The lowest BCUT2D eigenvalue weighted by molar-refractivity contribution is 0.243. The standard InChI is InChI=1S/C15H21N3O/c1-3-12(8-16-2)10-19-15-7-5-4-6-13(15)14-9-17-11-18-14/h4-7,9,11-12,16H,3,8,10H2,1-2H3,(H,17,18). The van der Waals surface area contributed by atoms with Gasteiger partial charge in [-0.3, -0.25) is 0 Å². The zero-order valence-corrected chi connectivity index (χ0v) is 11.5. The number of aromatic nitrogens is 2. The van der Waals surface area contributed by atoms with Crippen molar-refractivity contribution in [2.45, 2.75) is 13.3 Å². The molecule has 0 bridgehead atoms. The van der Waals surface area contributed by atoms with E-state index in [9.17, 15) is 0 Å². The van der Waals surface area contributed by atoms with Crippen molar-refractivity contribution < 1.29 is 4.74 Å². The van der Waals surface area contributed by atoms with Gasteiger partial charge in [-0.05, 0) is 25.6 Å². The minimum Gasteiger partial charge on any atom is -0.493 e. The maximum absolute atomic E-state index is 5.98. The van der Waals surface area contributed by atoms with Crippen LogP contribution >= 0.6 is 0 Å². The molecule has 2 rings (SSSR count). The van der Waals surface area contributed by atoms with E-state index in [-0.39, 0.29) is 0 Å². The molecular formula is C15H21N3O. The third-order valence-electron chi connectivity index (χ3n) is 3.22. The molecule has 2 N–H and O–H groups in total. The van der Waals surface area contributed by atoms with Gasteiger partial charge in [0, 0.05) is 18.0 Å². The fourth-order valence-electron chi connectivity index (χ4n) is 2.04. The van der Waals surface area contributed by atoms with E-state index in [0.717, 1.165) is 36.6 Å². The van der Waals surface area contributed by atoms with Crippen LogP contribution in [-0.2, 0) is 0 Å². The second kappa shape index (κ2) is 6.95. The van der Waals surface area contributed by atoms with Crippen molar-refractivity contribution in [1.82, 2.24) is 15.3 Å². The summed E-state index contributed by atoms with van der Waals surface area (Å²) in [7, 11) is 1.97. The van der Waals surface area contributed by atoms with Crippen LogP contribution in [0.2, 0.25) is 0 Å². The van der Waals surface area contributed by atoms with Crippen molar-refractivity contribution in [3.63, 3.8) is 0 Å². The van der Waals surface area contributed by atoms with Crippen molar-refractivity contribution in [2.75, 3.05) is 20.2 Å². The van der Waals surface area contributed by atoms with E-state index in [4.69, 9.17) is 4.74 Å². The van der Waals surface area contributed by atoms with Crippen molar-refractivity contribution in [1.29, 1.82) is 0 Å². The summed E-state index contributed by atoms with van der Waals surface area (Å²) in [5.74, 6) is 1.43. The van der Waals surface area contributed by atoms with E-state index in [0.29, 0.717) is 5.92 Å². The highest BCUT2D eigenvalue weighted by atomic mass is 16.5. The number of rotatable bonds is 7. The van der Waals surface area contributed by atoms with Gasteiger partial charge < -0.3 is 15.0 Å². The van der Waals surface area contributed by atoms with E-state index in [2.05, 4.69) is 22.2 Å². The largest absolute Gasteiger partial charge is 0.493 e. The fourth-order valence-corrected chi connectivity index (χ4v) is 2.04. The zero-order chi connectivity index (χ0) is 13.5. The first kappa shape index (κ1) is 13.6. The summed E-state index contributed by atoms with van der Waals surface area (Å²) in [6.45, 7) is 3.89. The predicted octanol–water partition coefficient (Wildman–Crippen LogP) is 2.70. The van der Waals surface area contributed by atoms with E-state index in [1.165, 1.54) is 0 Å². The summed E-state index contributed by atoms with van der Waals surface area (Å²) in [6.07, 6.45) is 4.60. The highest BCUT2D eigenvalue weighted by Gasteiger charge is 2.10. The first-order valence-electron chi connectivity index (χ1n) is 6.70. The van der Waals surface area contributed by atoms with Gasteiger partial charge in [0.15, 0.2) is 0 Å². The molecule has 0 aliphatic carbocycles. The SMILES string of the molecule is CCC(CNC)COc1ccccc1-c1cnc[nH]1. The summed E-state index contributed by atoms with van der Waals surface area (Å²) < 4.78 is 5.98. The maximum Gasteiger partial charge on any atom is 0.128 e. The molecule has 1 aromatic heterocycles. The van der Waals surface area contributed by atoms with Gasteiger partial charge in [-0.2, -0.15) is 0 Å². The number of hydrogen-bond donors (Lipinski definition) is 2. The Morgan fingerprint density at radius 1 is 1.37 bits per heavy atom. The van der Waals surface area contributed by atoms with Gasteiger partial charge in [0.1, 0.15) is 5.75 Å². The molecule has 4 nitrogen and oxygen atoms in total. The summed E-state index contributed by atoms with van der Waals surface area (Å²) in [5.41, 5.74) is 2.04. The summed E-state index contributed by atoms with van der Waals surface area (Å²) in [5, 5.41) is 3.20. The lowest BCUT2D eigenvalue weighted by Gasteiger charge is -2.17. The lowest BCUT2D eigenvalue weighted by atomic mass is 10.1. The van der Waals surface area contributed by atoms with Crippen LogP contribution in [-0.4, -0.2) is 30.2 Å². The average Bonchev–Trinajstić information content (AvgIpc) is 2.98. The molecule has 0 saturated heterocycles. The molecule has 0 saturated carbocycles. The Morgan fingerprint density at radius 3 is 2.89 bits per heavy atom. The molecule has 102 valence electrons. The average molecular weight is 259 g/mol. The van der Waals surface area contributed by atoms with E-state index in [1.54, 1.807) is 6.33 Å². The predicted molar refractivity (Wildman–Crippen MR) is 77.2 cm³/mol. The van der Waals surface area contributed by atoms with Crippen molar-refractivity contribution >= 4 is 0 Å². The molecular weight excluding hydrogens is 238 g/mol. The molecule has 1 aromatic carbocycles. The number of imidazole rings is 1. The van der Waals surface area contributed by atoms with Gasteiger partial charge in [-0.25, -0.2) is 4.98 Å². The normalized spacial score (nSPS) is 12.3. The van der Waals surface area contributed by atoms with Crippen LogP contribution in [0.25, 0.3) is 11.3 Å². The highest BCUT2D eigenvalue weighted by molar-refractivity contribution is 5.66. The molecule has 0 aliphatic rings. The number of aromatic amines is 1. The topological polar surface area (TPSA) is 49.9 Å². The van der Waals surface area contributed by atoms with E-state index >= 15 is 0 Å². The number of ether oxygens (including phenoxy) is 1. The van der Waals surface area contributed by atoms with Crippen LogP contribution in [0.4, 0.5) is 0 Å². The summed E-state index contributed by atoms with van der Waals surface area (Å²) >= 11 is 0. The monoisotopic (exact) mass is 259 g/mol. The van der Waals surface area contributed by atoms with Crippen molar-refractivity contribution in [3.8, 4) is 17.0 Å². The Labute approximate surface area is 114 Å². The molecule has 1 atom stereocenters. The van der Waals surface area contributed by atoms with Gasteiger partial charge in [0.25, 0.3) is 0 Å². The minimum atomic E-state index is 0.528. The first-order chi connectivity index (χ1) is 9.35. The molecule has 1 heterocycles. The van der Waals surface area contributed by atoms with Gasteiger partial charge in [0.2, 0.25) is 0 Å². The molecule has 0 radical (unpaired) electrons. The Morgan fingerprint density at radius 2 is 2.21 bits per heavy atom. The molecule has 0 aliphatic heterocycles. The molecule has 0 amide bonds. The van der Waals surface area contributed by atoms with Crippen LogP contribution in [0.3, 0.4) is 0 Å². The fraction of sp³-hybridized carbons (Fsp3) is 0.400. The van der Waals surface area contributed by atoms with Crippen LogP contribution in [0.5, 0.6) is 5.75 Å². The first-order valence-corrected chi connectivity index (χ1v) is 6.70. The van der Waals surface area contributed by atoms with Crippen LogP contribution < -0.4 is 10.1 Å². The third kappa shape index (κ3) is 3.58. The molecule has 1 unspecified atom stereocenters. The Hall–Kier alpha value is -1.81. The Bertz CT molecular complexity index is 482. The number of nitrogens with zero attached hydrogens (tertiary/aromatic N) is 1. The minimum absolute atomic E-state index is 0.528. The lowest BCUT2D eigenvalue weighted by Crippen LogP contribution is -2.23. The zero-order valence-electron chi connectivity index (χ0n) is 11.5. The summed E-state index contributed by atoms with van der Waals surface area (Å²) in [6, 6.07) is 8.05. The van der Waals surface area contributed by atoms with Crippen molar-refractivity contribution in [3.05, 3.63) is 36.8 Å². The Balaban J connectivity index is 2.08. The van der Waals surface area contributed by atoms with E-state index in [1.807, 2.05) is 37.5 Å². The number of H-pyrrole nitrogens is 1. The quantitative estimate of drug-likeness (QED) is 0.803. The van der Waals surface area contributed by atoms with E-state index < -0.39 is 0 Å². The van der Waals surface area contributed by atoms with Gasteiger partial charge >= 0.3 is 0 Å². The smallest absolute Gasteiger partial charge is 0.128 e. The second-order valence-electron chi connectivity index (χ2n) is 4.60. The van der Waals surface area contributed by atoms with Crippen molar-refractivity contribution in [2.24, 2.45) is 5.92 Å². The van der Waals surface area contributed by atoms with Crippen LogP contribution in [0.15, 0.2) is 36.8 Å². The second-order valence-corrected chi connectivity index (χ2v) is 4.60. The van der Waals surface area contributed by atoms with Crippen LogP contribution in [0, 0.1) is 5.92 Å². The number of para-hydroxylation sites is 1. The van der Waals surface area contributed by atoms with Gasteiger partial charge in [-0.1, -0.05) is 19.1 Å². The highest BCUT2D eigenvalue weighted by Crippen LogP contribution is 2.28. The number of benzene rings is 1. The van der Waals surface area contributed by atoms with Crippen LogP contribution in [0.1, 0.15) is 13.3 Å². The number of hydrogen-bond acceptors (Lipinski definition) is 3.